The number of ketones is 1. The summed E-state index contributed by atoms with van der Waals surface area (Å²) in [7, 11) is 0. The van der Waals surface area contributed by atoms with E-state index in [-0.39, 0.29) is 22.9 Å². The molecule has 0 aliphatic rings. The third-order valence-electron chi connectivity index (χ3n) is 2.90. The summed E-state index contributed by atoms with van der Waals surface area (Å²) in [6.07, 6.45) is 2.21. The number of carbonyl (C=O) groups excluding carboxylic acids is 1. The molecule has 0 saturated heterocycles. The molecule has 3 aromatic rings. The van der Waals surface area contributed by atoms with Gasteiger partial charge >= 0.3 is 0 Å². The van der Waals surface area contributed by atoms with E-state index in [4.69, 9.17) is 4.42 Å². The summed E-state index contributed by atoms with van der Waals surface area (Å²) >= 11 is 0. The molecule has 0 saturated carbocycles. The van der Waals surface area contributed by atoms with Gasteiger partial charge in [-0.2, -0.15) is 5.10 Å². The predicted molar refractivity (Wildman–Crippen MR) is 75.4 cm³/mol. The lowest BCUT2D eigenvalue weighted by atomic mass is 10.1. The van der Waals surface area contributed by atoms with Gasteiger partial charge in [-0.05, 0) is 24.3 Å². The van der Waals surface area contributed by atoms with Crippen LogP contribution >= 0.6 is 0 Å². The number of aliphatic hydroxyl groups is 1. The number of benzene rings is 1. The average Bonchev–Trinajstić information content (AvgIpc) is 3.19. The molecule has 0 bridgehead atoms. The lowest BCUT2D eigenvalue weighted by molar-refractivity contribution is 0.102. The number of carbonyl (C=O) groups is 1. The van der Waals surface area contributed by atoms with Gasteiger partial charge in [-0.3, -0.25) is 9.89 Å². The van der Waals surface area contributed by atoms with Gasteiger partial charge in [0.2, 0.25) is 11.6 Å². The molecule has 110 valence electrons. The summed E-state index contributed by atoms with van der Waals surface area (Å²) in [6, 6.07) is 8.97. The zero-order valence-electron chi connectivity index (χ0n) is 11.2. The number of halogens is 1. The van der Waals surface area contributed by atoms with Gasteiger partial charge in [0.1, 0.15) is 17.9 Å². The van der Waals surface area contributed by atoms with E-state index in [2.05, 4.69) is 15.2 Å². The molecule has 7 heteroatoms. The van der Waals surface area contributed by atoms with Crippen molar-refractivity contribution in [3.63, 3.8) is 0 Å². The zero-order valence-corrected chi connectivity index (χ0v) is 11.2. The number of allylic oxidation sites excluding steroid dienone is 1. The minimum absolute atomic E-state index is 0.00534. The summed E-state index contributed by atoms with van der Waals surface area (Å²) in [6.45, 7) is 0. The smallest absolute Gasteiger partial charge is 0.224 e. The van der Waals surface area contributed by atoms with Crippen molar-refractivity contribution in [1.82, 2.24) is 15.2 Å². The molecule has 0 spiro atoms. The summed E-state index contributed by atoms with van der Waals surface area (Å²) in [5.41, 5.74) is 0.253. The first kappa shape index (κ1) is 13.7. The molecule has 2 N–H and O–H groups in total. The minimum atomic E-state index is -0.579. The number of furan rings is 1. The second kappa shape index (κ2) is 5.65. The molecule has 6 nitrogen and oxygen atoms in total. The third-order valence-corrected chi connectivity index (χ3v) is 2.90. The van der Waals surface area contributed by atoms with E-state index < -0.39 is 17.4 Å². The maximum Gasteiger partial charge on any atom is 0.224 e. The fourth-order valence-corrected chi connectivity index (χ4v) is 1.87. The number of hydrogen-bond donors (Lipinski definition) is 2. The highest BCUT2D eigenvalue weighted by atomic mass is 19.1. The summed E-state index contributed by atoms with van der Waals surface area (Å²) in [4.78, 5) is 15.7. The van der Waals surface area contributed by atoms with Crippen molar-refractivity contribution in [2.75, 3.05) is 0 Å². The highest BCUT2D eigenvalue weighted by Gasteiger charge is 2.14. The molecule has 1 aromatic carbocycles. The maximum absolute atomic E-state index is 13.7. The molecule has 0 fully saturated rings. The van der Waals surface area contributed by atoms with Crippen molar-refractivity contribution < 1.29 is 18.7 Å². The molecule has 0 radical (unpaired) electrons. The van der Waals surface area contributed by atoms with Crippen molar-refractivity contribution in [2.24, 2.45) is 0 Å². The molecule has 0 amide bonds. The average molecular weight is 299 g/mol. The van der Waals surface area contributed by atoms with Gasteiger partial charge in [-0.25, -0.2) is 9.37 Å². The molecule has 2 aromatic heterocycles. The van der Waals surface area contributed by atoms with Gasteiger partial charge in [0, 0.05) is 6.08 Å². The molecule has 2 heterocycles. The van der Waals surface area contributed by atoms with Crippen LogP contribution in [0.1, 0.15) is 16.4 Å². The summed E-state index contributed by atoms with van der Waals surface area (Å²) in [5.74, 6) is -1.23. The number of H-pyrrole nitrogens is 1. The van der Waals surface area contributed by atoms with E-state index in [9.17, 15) is 14.3 Å². The van der Waals surface area contributed by atoms with Crippen molar-refractivity contribution >= 4 is 11.5 Å². The molecular weight excluding hydrogens is 289 g/mol. The molecule has 3 rings (SSSR count). The number of aliphatic hydroxyl groups excluding tert-OH is 1. The number of nitrogens with zero attached hydrogens (tertiary/aromatic N) is 2. The summed E-state index contributed by atoms with van der Waals surface area (Å²) < 4.78 is 19.0. The van der Waals surface area contributed by atoms with Crippen LogP contribution in [-0.4, -0.2) is 26.1 Å². The maximum atomic E-state index is 13.7. The Hall–Kier alpha value is -3.22. The van der Waals surface area contributed by atoms with Crippen LogP contribution in [0.4, 0.5) is 4.39 Å². The van der Waals surface area contributed by atoms with Gasteiger partial charge in [0.25, 0.3) is 0 Å². The van der Waals surface area contributed by atoms with Crippen LogP contribution in [0.2, 0.25) is 0 Å². The Balaban J connectivity index is 1.87. The van der Waals surface area contributed by atoms with E-state index in [0.29, 0.717) is 0 Å². The number of rotatable bonds is 4. The Labute approximate surface area is 123 Å². The first-order chi connectivity index (χ1) is 10.6. The van der Waals surface area contributed by atoms with Gasteiger partial charge in [0.15, 0.2) is 11.5 Å². The van der Waals surface area contributed by atoms with E-state index in [0.717, 1.165) is 6.08 Å². The lowest BCUT2D eigenvalue weighted by Crippen LogP contribution is -1.95. The second-order valence-corrected chi connectivity index (χ2v) is 4.36. The molecular formula is C15H10FN3O3. The highest BCUT2D eigenvalue weighted by Crippen LogP contribution is 2.25. The van der Waals surface area contributed by atoms with Crippen molar-refractivity contribution in [3.05, 3.63) is 66.2 Å². The van der Waals surface area contributed by atoms with Crippen LogP contribution in [0.25, 0.3) is 17.1 Å². The topological polar surface area (TPSA) is 92.0 Å². The Morgan fingerprint density at radius 2 is 2.09 bits per heavy atom. The first-order valence-electron chi connectivity index (χ1n) is 6.31. The van der Waals surface area contributed by atoms with E-state index in [1.807, 2.05) is 0 Å². The fourth-order valence-electron chi connectivity index (χ4n) is 1.87. The molecule has 0 unspecified atom stereocenters. The van der Waals surface area contributed by atoms with E-state index in [1.54, 1.807) is 18.2 Å². The standard InChI is InChI=1S/C15H10FN3O3/c16-10-4-2-1-3-9(10)13-5-6-14(22-13)11(20)7-12(21)15-17-8-18-19-15/h1-8,21H,(H,17,18,19). The van der Waals surface area contributed by atoms with Crippen molar-refractivity contribution in [1.29, 1.82) is 0 Å². The number of aromatic nitrogens is 3. The predicted octanol–water partition coefficient (Wildman–Crippen LogP) is 2.99. The van der Waals surface area contributed by atoms with Crippen LogP contribution in [0.15, 0.2) is 53.2 Å². The molecule has 22 heavy (non-hydrogen) atoms. The normalized spacial score (nSPS) is 11.6. The van der Waals surface area contributed by atoms with Crippen LogP contribution in [0.3, 0.4) is 0 Å². The van der Waals surface area contributed by atoms with Crippen LogP contribution in [0, 0.1) is 5.82 Å². The summed E-state index contributed by atoms with van der Waals surface area (Å²) in [5, 5.41) is 15.8. The number of aromatic amines is 1. The molecule has 0 aliphatic heterocycles. The van der Waals surface area contributed by atoms with Crippen molar-refractivity contribution in [3.8, 4) is 11.3 Å². The third kappa shape index (κ3) is 2.64. The van der Waals surface area contributed by atoms with Gasteiger partial charge < -0.3 is 9.52 Å². The van der Waals surface area contributed by atoms with Crippen LogP contribution < -0.4 is 0 Å². The Bertz CT molecular complexity index is 837. The van der Waals surface area contributed by atoms with E-state index >= 15 is 0 Å². The Morgan fingerprint density at radius 3 is 2.82 bits per heavy atom. The van der Waals surface area contributed by atoms with Gasteiger partial charge in [0.05, 0.1) is 5.56 Å². The lowest BCUT2D eigenvalue weighted by Gasteiger charge is -1.98. The van der Waals surface area contributed by atoms with Crippen LogP contribution in [0.5, 0.6) is 0 Å². The van der Waals surface area contributed by atoms with Crippen LogP contribution in [-0.2, 0) is 0 Å². The largest absolute Gasteiger partial charge is 0.504 e. The Morgan fingerprint density at radius 1 is 1.27 bits per heavy atom. The monoisotopic (exact) mass is 299 g/mol. The highest BCUT2D eigenvalue weighted by molar-refractivity contribution is 6.05. The fraction of sp³-hybridized carbons (Fsp3) is 0. The molecule has 0 atom stereocenters. The quantitative estimate of drug-likeness (QED) is 0.439. The Kier molecular flexibility index (Phi) is 3.53. The number of hydrogen-bond acceptors (Lipinski definition) is 5. The minimum Gasteiger partial charge on any atom is -0.504 e. The molecule has 0 aliphatic carbocycles. The zero-order chi connectivity index (χ0) is 15.5. The first-order valence-corrected chi connectivity index (χ1v) is 6.31. The van der Waals surface area contributed by atoms with Gasteiger partial charge in [-0.1, -0.05) is 12.1 Å². The van der Waals surface area contributed by atoms with Crippen molar-refractivity contribution in [2.45, 2.75) is 0 Å². The number of nitrogens with one attached hydrogen (secondary N) is 1. The van der Waals surface area contributed by atoms with Gasteiger partial charge in [-0.15, -0.1) is 0 Å². The SMILES string of the molecule is O=C(C=C(O)c1nc[nH]n1)c1ccc(-c2ccccc2F)o1. The van der Waals surface area contributed by atoms with E-state index in [1.165, 1.54) is 24.5 Å². The second-order valence-electron chi connectivity index (χ2n) is 4.36.